The van der Waals surface area contributed by atoms with Crippen LogP contribution in [0.15, 0.2) is 47.4 Å². The molecule has 158 valence electrons. The number of carboxylic acid groups (broad SMARTS) is 1. The van der Waals surface area contributed by atoms with Gasteiger partial charge in [-0.05, 0) is 48.7 Å². The first-order valence-corrected chi connectivity index (χ1v) is 10.6. The van der Waals surface area contributed by atoms with Gasteiger partial charge in [-0.3, -0.25) is 0 Å². The molecule has 3 N–H and O–H groups in total. The summed E-state index contributed by atoms with van der Waals surface area (Å²) in [5.74, 6) is -0.471. The maximum Gasteiger partial charge on any atom is 0.337 e. The minimum atomic E-state index is -3.83. The summed E-state index contributed by atoms with van der Waals surface area (Å²) in [6, 6.07) is 11.4. The highest BCUT2D eigenvalue weighted by molar-refractivity contribution is 7.89. The van der Waals surface area contributed by atoms with Crippen LogP contribution in [-0.2, 0) is 21.2 Å². The number of aromatic carboxylic acids is 1. The molecule has 0 atom stereocenters. The molecule has 0 saturated carbocycles. The largest absolute Gasteiger partial charge is 0.497 e. The molecule has 0 aliphatic heterocycles. The van der Waals surface area contributed by atoms with Crippen molar-refractivity contribution in [2.75, 3.05) is 39.2 Å². The molecule has 0 bridgehead atoms. The Labute approximate surface area is 170 Å². The lowest BCUT2D eigenvalue weighted by Gasteiger charge is -2.12. The molecule has 0 aliphatic rings. The van der Waals surface area contributed by atoms with Gasteiger partial charge in [0.15, 0.2) is 0 Å². The Morgan fingerprint density at radius 3 is 2.41 bits per heavy atom. The van der Waals surface area contributed by atoms with Gasteiger partial charge in [-0.15, -0.1) is 0 Å². The Hall–Kier alpha value is -2.62. The smallest absolute Gasteiger partial charge is 0.337 e. The third-order valence-corrected chi connectivity index (χ3v) is 5.70. The second-order valence-electron chi connectivity index (χ2n) is 6.28. The number of carboxylic acids is 1. The van der Waals surface area contributed by atoms with Gasteiger partial charge < -0.3 is 19.9 Å². The standard InChI is InChI=1S/C20H26N2O6S/c1-27-13-3-11-21-19-9-8-17(14-18(19)20(23)24)29(25,26)22-12-10-15-4-6-16(28-2)7-5-15/h4-9,14,21-22H,3,10-13H2,1-2H3,(H,23,24). The van der Waals surface area contributed by atoms with Crippen LogP contribution in [0.3, 0.4) is 0 Å². The number of sulfonamides is 1. The molecule has 0 spiro atoms. The summed E-state index contributed by atoms with van der Waals surface area (Å²) < 4.78 is 37.6. The summed E-state index contributed by atoms with van der Waals surface area (Å²) in [6.07, 6.45) is 1.19. The zero-order valence-corrected chi connectivity index (χ0v) is 17.3. The molecule has 29 heavy (non-hydrogen) atoms. The zero-order chi connectivity index (χ0) is 21.3. The molecule has 0 fully saturated rings. The number of anilines is 1. The van der Waals surface area contributed by atoms with E-state index in [0.29, 0.717) is 31.7 Å². The summed E-state index contributed by atoms with van der Waals surface area (Å²) in [4.78, 5) is 11.5. The number of carbonyl (C=O) groups is 1. The maximum atomic E-state index is 12.5. The monoisotopic (exact) mass is 422 g/mol. The molecular weight excluding hydrogens is 396 g/mol. The predicted molar refractivity (Wildman–Crippen MR) is 110 cm³/mol. The van der Waals surface area contributed by atoms with E-state index in [1.54, 1.807) is 26.4 Å². The summed E-state index contributed by atoms with van der Waals surface area (Å²) in [5, 5.41) is 12.4. The van der Waals surface area contributed by atoms with Crippen LogP contribution < -0.4 is 14.8 Å². The van der Waals surface area contributed by atoms with Crippen LogP contribution >= 0.6 is 0 Å². The van der Waals surface area contributed by atoms with Crippen LogP contribution in [-0.4, -0.2) is 53.4 Å². The molecule has 0 saturated heterocycles. The number of rotatable bonds is 12. The molecule has 0 radical (unpaired) electrons. The van der Waals surface area contributed by atoms with E-state index < -0.39 is 16.0 Å². The lowest BCUT2D eigenvalue weighted by molar-refractivity contribution is 0.0697. The highest BCUT2D eigenvalue weighted by Gasteiger charge is 2.18. The molecule has 2 aromatic carbocycles. The fraction of sp³-hybridized carbons (Fsp3) is 0.350. The van der Waals surface area contributed by atoms with Gasteiger partial charge in [-0.1, -0.05) is 12.1 Å². The number of nitrogens with one attached hydrogen (secondary N) is 2. The first-order chi connectivity index (χ1) is 13.9. The van der Waals surface area contributed by atoms with Crippen LogP contribution in [0.2, 0.25) is 0 Å². The van der Waals surface area contributed by atoms with Crippen molar-refractivity contribution >= 4 is 21.7 Å². The molecular formula is C20H26N2O6S. The lowest BCUT2D eigenvalue weighted by Crippen LogP contribution is -2.26. The number of benzene rings is 2. The van der Waals surface area contributed by atoms with Gasteiger partial charge in [0, 0.05) is 32.5 Å². The fourth-order valence-electron chi connectivity index (χ4n) is 2.67. The van der Waals surface area contributed by atoms with Crippen molar-refractivity contribution in [3.63, 3.8) is 0 Å². The number of ether oxygens (including phenoxy) is 2. The minimum absolute atomic E-state index is 0.0907. The normalized spacial score (nSPS) is 11.2. The van der Waals surface area contributed by atoms with Crippen LogP contribution in [0.1, 0.15) is 22.3 Å². The average Bonchev–Trinajstić information content (AvgIpc) is 2.71. The van der Waals surface area contributed by atoms with Gasteiger partial charge in [0.2, 0.25) is 10.0 Å². The lowest BCUT2D eigenvalue weighted by atomic mass is 10.1. The Bertz CT molecular complexity index is 913. The Kier molecular flexibility index (Phi) is 8.44. The molecule has 8 nitrogen and oxygen atoms in total. The van der Waals surface area contributed by atoms with Crippen LogP contribution in [0.5, 0.6) is 5.75 Å². The Morgan fingerprint density at radius 2 is 1.79 bits per heavy atom. The highest BCUT2D eigenvalue weighted by atomic mass is 32.2. The van der Waals surface area contributed by atoms with Crippen molar-refractivity contribution in [1.82, 2.24) is 4.72 Å². The van der Waals surface area contributed by atoms with E-state index >= 15 is 0 Å². The van der Waals surface area contributed by atoms with Gasteiger partial charge >= 0.3 is 5.97 Å². The molecule has 0 heterocycles. The average molecular weight is 423 g/mol. The van der Waals surface area contributed by atoms with E-state index in [-0.39, 0.29) is 17.0 Å². The number of methoxy groups -OCH3 is 2. The van der Waals surface area contributed by atoms with E-state index in [9.17, 15) is 18.3 Å². The highest BCUT2D eigenvalue weighted by Crippen LogP contribution is 2.21. The van der Waals surface area contributed by atoms with Gasteiger partial charge in [0.25, 0.3) is 0 Å². The van der Waals surface area contributed by atoms with Crippen molar-refractivity contribution < 1.29 is 27.8 Å². The first kappa shape index (κ1) is 22.7. The Balaban J connectivity index is 2.04. The van der Waals surface area contributed by atoms with Crippen molar-refractivity contribution in [3.05, 3.63) is 53.6 Å². The quantitative estimate of drug-likeness (QED) is 0.450. The van der Waals surface area contributed by atoms with Crippen LogP contribution in [0, 0.1) is 0 Å². The summed E-state index contributed by atoms with van der Waals surface area (Å²) in [7, 11) is -0.665. The molecule has 9 heteroatoms. The molecule has 0 unspecified atom stereocenters. The van der Waals surface area contributed by atoms with Crippen molar-refractivity contribution in [2.45, 2.75) is 17.7 Å². The number of hydrogen-bond donors (Lipinski definition) is 3. The summed E-state index contributed by atoms with van der Waals surface area (Å²) >= 11 is 0. The molecule has 0 amide bonds. The van der Waals surface area contributed by atoms with Crippen molar-refractivity contribution in [1.29, 1.82) is 0 Å². The van der Waals surface area contributed by atoms with E-state index in [1.807, 2.05) is 12.1 Å². The number of hydrogen-bond acceptors (Lipinski definition) is 6. The summed E-state index contributed by atoms with van der Waals surface area (Å²) in [5.41, 5.74) is 1.22. The molecule has 0 aromatic heterocycles. The molecule has 2 aromatic rings. The second-order valence-corrected chi connectivity index (χ2v) is 8.05. The van der Waals surface area contributed by atoms with Gasteiger partial charge in [-0.2, -0.15) is 0 Å². The van der Waals surface area contributed by atoms with E-state index in [1.165, 1.54) is 12.1 Å². The topological polar surface area (TPSA) is 114 Å². The van der Waals surface area contributed by atoms with Gasteiger partial charge in [-0.25, -0.2) is 17.9 Å². The maximum absolute atomic E-state index is 12.5. The van der Waals surface area contributed by atoms with E-state index in [0.717, 1.165) is 17.4 Å². The fourth-order valence-corrected chi connectivity index (χ4v) is 3.72. The predicted octanol–water partition coefficient (Wildman–Crippen LogP) is 2.36. The van der Waals surface area contributed by atoms with E-state index in [4.69, 9.17) is 9.47 Å². The SMILES string of the molecule is COCCCNc1ccc(S(=O)(=O)NCCc2ccc(OC)cc2)cc1C(=O)O. The molecule has 0 aliphatic carbocycles. The van der Waals surface area contributed by atoms with Crippen molar-refractivity contribution in [3.8, 4) is 5.75 Å². The van der Waals surface area contributed by atoms with Crippen LogP contribution in [0.4, 0.5) is 5.69 Å². The van der Waals surface area contributed by atoms with E-state index in [2.05, 4.69) is 10.0 Å². The molecule has 2 rings (SSSR count). The van der Waals surface area contributed by atoms with Gasteiger partial charge in [0.1, 0.15) is 5.75 Å². The third-order valence-electron chi connectivity index (χ3n) is 4.24. The second kappa shape index (κ2) is 10.8. The first-order valence-electron chi connectivity index (χ1n) is 9.10. The van der Waals surface area contributed by atoms with Crippen LogP contribution in [0.25, 0.3) is 0 Å². The van der Waals surface area contributed by atoms with Crippen molar-refractivity contribution in [2.24, 2.45) is 0 Å². The third kappa shape index (κ3) is 6.74. The Morgan fingerprint density at radius 1 is 1.07 bits per heavy atom. The minimum Gasteiger partial charge on any atom is -0.497 e. The summed E-state index contributed by atoms with van der Waals surface area (Å²) in [6.45, 7) is 1.24. The van der Waals surface area contributed by atoms with Gasteiger partial charge in [0.05, 0.1) is 17.6 Å². The zero-order valence-electron chi connectivity index (χ0n) is 16.5.